The number of nitrogens with zero attached hydrogens (tertiary/aromatic N) is 2. The lowest BCUT2D eigenvalue weighted by Gasteiger charge is -2.26. The molecule has 1 aliphatic carbocycles. The van der Waals surface area contributed by atoms with Gasteiger partial charge >= 0.3 is 0 Å². The molecule has 1 heterocycles. The average molecular weight is 519 g/mol. The molecule has 2 aliphatic rings. The molecule has 3 rings (SSSR count). The highest BCUT2D eigenvalue weighted by Crippen LogP contribution is 2.45. The summed E-state index contributed by atoms with van der Waals surface area (Å²) in [6.07, 6.45) is 7.26. The Morgan fingerprint density at radius 1 is 1.18 bits per heavy atom. The minimum atomic E-state index is -3.09. The number of hydrogen-bond donors (Lipinski definition) is 1. The van der Waals surface area contributed by atoms with Gasteiger partial charge in [-0.25, -0.2) is 8.42 Å². The molecule has 0 aromatic heterocycles. The average Bonchev–Trinajstić information content (AvgIpc) is 3.28. The summed E-state index contributed by atoms with van der Waals surface area (Å²) in [5, 5.41) is 3.39. The Hall–Kier alpha value is -0.830. The van der Waals surface area contributed by atoms with Crippen molar-refractivity contribution in [2.45, 2.75) is 51.2 Å². The summed E-state index contributed by atoms with van der Waals surface area (Å²) < 4.78 is 24.6. The standard InChI is InChI=1S/C21H33N3O2S.HI/c1-2-22-20(24-15-13-21(18-24)11-6-7-12-21)23-14-8-16-27(25,26)17-19-9-4-3-5-10-19;/h3-5,9-10H,2,6-8,11-18H2,1H3,(H,22,23);1H. The number of aliphatic imine (C=N–C) groups is 1. The van der Waals surface area contributed by atoms with Gasteiger partial charge in [0.1, 0.15) is 0 Å². The third-order valence-corrected chi connectivity index (χ3v) is 7.53. The topological polar surface area (TPSA) is 61.8 Å². The minimum absolute atomic E-state index is 0. The van der Waals surface area contributed by atoms with Crippen LogP contribution in [0.5, 0.6) is 0 Å². The largest absolute Gasteiger partial charge is 0.357 e. The van der Waals surface area contributed by atoms with Gasteiger partial charge in [-0.15, -0.1) is 24.0 Å². The molecule has 158 valence electrons. The normalized spacial score (nSPS) is 19.0. The molecule has 28 heavy (non-hydrogen) atoms. The first-order chi connectivity index (χ1) is 13.0. The van der Waals surface area contributed by atoms with Crippen LogP contribution >= 0.6 is 24.0 Å². The molecule has 7 heteroatoms. The van der Waals surface area contributed by atoms with Crippen molar-refractivity contribution >= 4 is 39.8 Å². The zero-order chi connectivity index (χ0) is 19.2. The van der Waals surface area contributed by atoms with E-state index in [4.69, 9.17) is 4.99 Å². The third-order valence-electron chi connectivity index (χ3n) is 5.84. The van der Waals surface area contributed by atoms with Gasteiger partial charge in [-0.1, -0.05) is 43.2 Å². The molecule has 1 N–H and O–H groups in total. The van der Waals surface area contributed by atoms with E-state index < -0.39 is 9.84 Å². The van der Waals surface area contributed by atoms with E-state index in [-0.39, 0.29) is 35.5 Å². The van der Waals surface area contributed by atoms with Crippen LogP contribution in [0, 0.1) is 5.41 Å². The number of likely N-dealkylation sites (tertiary alicyclic amines) is 1. The van der Waals surface area contributed by atoms with Crippen molar-refractivity contribution in [2.75, 3.05) is 31.9 Å². The Bertz CT molecular complexity index is 731. The highest BCUT2D eigenvalue weighted by Gasteiger charge is 2.41. The number of sulfone groups is 1. The number of nitrogens with one attached hydrogen (secondary N) is 1. The van der Waals surface area contributed by atoms with E-state index in [0.717, 1.165) is 31.2 Å². The van der Waals surface area contributed by atoms with Crippen molar-refractivity contribution in [3.63, 3.8) is 0 Å². The van der Waals surface area contributed by atoms with E-state index in [9.17, 15) is 8.42 Å². The summed E-state index contributed by atoms with van der Waals surface area (Å²) in [7, 11) is -3.09. The Labute approximate surface area is 187 Å². The van der Waals surface area contributed by atoms with Gasteiger partial charge in [0.05, 0.1) is 11.5 Å². The first-order valence-corrected chi connectivity index (χ1v) is 12.1. The molecule has 0 amide bonds. The molecular formula is C21H34IN3O2S. The van der Waals surface area contributed by atoms with Crippen LogP contribution in [-0.4, -0.2) is 51.2 Å². The van der Waals surface area contributed by atoms with Crippen LogP contribution < -0.4 is 5.32 Å². The third kappa shape index (κ3) is 6.61. The van der Waals surface area contributed by atoms with Crippen molar-refractivity contribution in [1.82, 2.24) is 10.2 Å². The molecule has 0 radical (unpaired) electrons. The lowest BCUT2D eigenvalue weighted by molar-refractivity contribution is 0.309. The van der Waals surface area contributed by atoms with Crippen LogP contribution in [0.3, 0.4) is 0 Å². The van der Waals surface area contributed by atoms with Gasteiger partial charge in [0.25, 0.3) is 0 Å². The zero-order valence-electron chi connectivity index (χ0n) is 16.9. The lowest BCUT2D eigenvalue weighted by atomic mass is 9.86. The molecule has 1 aromatic rings. The Morgan fingerprint density at radius 2 is 1.89 bits per heavy atom. The highest BCUT2D eigenvalue weighted by atomic mass is 127. The summed E-state index contributed by atoms with van der Waals surface area (Å²) >= 11 is 0. The van der Waals surface area contributed by atoms with Crippen molar-refractivity contribution in [1.29, 1.82) is 0 Å². The minimum Gasteiger partial charge on any atom is -0.357 e. The number of hydrogen-bond acceptors (Lipinski definition) is 3. The van der Waals surface area contributed by atoms with Gasteiger partial charge in [0.2, 0.25) is 0 Å². The van der Waals surface area contributed by atoms with Gasteiger partial charge in [-0.3, -0.25) is 4.99 Å². The highest BCUT2D eigenvalue weighted by molar-refractivity contribution is 14.0. The summed E-state index contributed by atoms with van der Waals surface area (Å²) in [6, 6.07) is 9.40. The molecule has 0 bridgehead atoms. The number of benzene rings is 1. The predicted octanol–water partition coefficient (Wildman–Crippen LogP) is 3.84. The second kappa shape index (κ2) is 10.8. The van der Waals surface area contributed by atoms with E-state index in [1.165, 1.54) is 32.1 Å². The van der Waals surface area contributed by atoms with Crippen LogP contribution in [0.1, 0.15) is 51.0 Å². The van der Waals surface area contributed by atoms with E-state index >= 15 is 0 Å². The maximum absolute atomic E-state index is 12.3. The van der Waals surface area contributed by atoms with Gasteiger partial charge < -0.3 is 10.2 Å². The fourth-order valence-electron chi connectivity index (χ4n) is 4.44. The first kappa shape index (κ1) is 23.4. The zero-order valence-corrected chi connectivity index (χ0v) is 20.0. The molecule has 2 fully saturated rings. The van der Waals surface area contributed by atoms with Crippen molar-refractivity contribution < 1.29 is 8.42 Å². The van der Waals surface area contributed by atoms with Crippen LogP contribution in [0.25, 0.3) is 0 Å². The maximum atomic E-state index is 12.3. The number of guanidine groups is 1. The van der Waals surface area contributed by atoms with E-state index in [1.54, 1.807) is 0 Å². The smallest absolute Gasteiger partial charge is 0.193 e. The molecule has 1 spiro atoms. The summed E-state index contributed by atoms with van der Waals surface area (Å²) in [5.41, 5.74) is 1.36. The molecule has 5 nitrogen and oxygen atoms in total. The summed E-state index contributed by atoms with van der Waals surface area (Å²) in [6.45, 7) is 5.65. The maximum Gasteiger partial charge on any atom is 0.193 e. The molecule has 1 aliphatic heterocycles. The lowest BCUT2D eigenvalue weighted by Crippen LogP contribution is -2.41. The van der Waals surface area contributed by atoms with Gasteiger partial charge in [0, 0.05) is 26.2 Å². The summed E-state index contributed by atoms with van der Waals surface area (Å²) in [4.78, 5) is 7.11. The molecule has 0 atom stereocenters. The SMILES string of the molecule is CCNC(=NCCCS(=O)(=O)Cc1ccccc1)N1CCC2(CCCC2)C1.I. The van der Waals surface area contributed by atoms with E-state index in [1.807, 2.05) is 30.3 Å². The van der Waals surface area contributed by atoms with Crippen molar-refractivity contribution in [3.8, 4) is 0 Å². The predicted molar refractivity (Wildman–Crippen MR) is 127 cm³/mol. The quantitative estimate of drug-likeness (QED) is 0.258. The number of rotatable bonds is 7. The van der Waals surface area contributed by atoms with Crippen LogP contribution in [0.4, 0.5) is 0 Å². The molecule has 1 saturated heterocycles. The van der Waals surface area contributed by atoms with Gasteiger partial charge in [0.15, 0.2) is 15.8 Å². The monoisotopic (exact) mass is 519 g/mol. The van der Waals surface area contributed by atoms with Crippen LogP contribution in [0.2, 0.25) is 0 Å². The Balaban J connectivity index is 0.00000280. The van der Waals surface area contributed by atoms with Gasteiger partial charge in [-0.05, 0) is 43.6 Å². The van der Waals surface area contributed by atoms with Gasteiger partial charge in [-0.2, -0.15) is 0 Å². The molecule has 1 aromatic carbocycles. The van der Waals surface area contributed by atoms with E-state index in [2.05, 4.69) is 17.1 Å². The van der Waals surface area contributed by atoms with Crippen molar-refractivity contribution in [3.05, 3.63) is 35.9 Å². The molecular weight excluding hydrogens is 485 g/mol. The molecule has 0 unspecified atom stereocenters. The number of halogens is 1. The fourth-order valence-corrected chi connectivity index (χ4v) is 5.86. The summed E-state index contributed by atoms with van der Waals surface area (Å²) in [5.74, 6) is 1.27. The molecule has 1 saturated carbocycles. The second-order valence-corrected chi connectivity index (χ2v) is 10.2. The fraction of sp³-hybridized carbons (Fsp3) is 0.667. The van der Waals surface area contributed by atoms with Crippen molar-refractivity contribution in [2.24, 2.45) is 10.4 Å². The Kier molecular flexibility index (Phi) is 9.05. The van der Waals surface area contributed by atoms with E-state index in [0.29, 0.717) is 18.4 Å². The van der Waals surface area contributed by atoms with Crippen LogP contribution in [-0.2, 0) is 15.6 Å². The van der Waals surface area contributed by atoms with Crippen LogP contribution in [0.15, 0.2) is 35.3 Å². The Morgan fingerprint density at radius 3 is 2.57 bits per heavy atom. The second-order valence-electron chi connectivity index (χ2n) is 8.05. The first-order valence-electron chi connectivity index (χ1n) is 10.3.